The molecule has 0 spiro atoms. The Hall–Kier alpha value is -2.78. The normalized spacial score (nSPS) is 15.7. The number of ether oxygens (including phenoxy) is 3. The van der Waals surface area contributed by atoms with Gasteiger partial charge in [-0.2, -0.15) is 0 Å². The van der Waals surface area contributed by atoms with E-state index < -0.39 is 9.84 Å². The van der Waals surface area contributed by atoms with Crippen molar-refractivity contribution in [3.05, 3.63) is 35.4 Å². The second kappa shape index (κ2) is 8.39. The number of anilines is 1. The molecular formula is C21H22ClN3O5S. The Labute approximate surface area is 185 Å². The van der Waals surface area contributed by atoms with E-state index in [-0.39, 0.29) is 11.5 Å². The molecule has 10 heteroatoms. The van der Waals surface area contributed by atoms with Crippen LogP contribution in [0.2, 0.25) is 5.02 Å². The molecule has 0 amide bonds. The molecule has 0 saturated carbocycles. The highest BCUT2D eigenvalue weighted by atomic mass is 35.5. The molecule has 4 rings (SSSR count). The van der Waals surface area contributed by atoms with Crippen LogP contribution in [0.15, 0.2) is 30.3 Å². The monoisotopic (exact) mass is 463 g/mol. The molecule has 0 unspecified atom stereocenters. The first-order chi connectivity index (χ1) is 14.9. The third-order valence-electron chi connectivity index (χ3n) is 5.22. The molecule has 1 fully saturated rings. The van der Waals surface area contributed by atoms with Crippen molar-refractivity contribution in [3.63, 3.8) is 0 Å². The van der Waals surface area contributed by atoms with E-state index in [4.69, 9.17) is 35.8 Å². The molecule has 3 aromatic rings. The minimum Gasteiger partial charge on any atom is -0.493 e. The van der Waals surface area contributed by atoms with E-state index in [0.717, 1.165) is 5.56 Å². The molecule has 2 aromatic carbocycles. The lowest BCUT2D eigenvalue weighted by molar-refractivity contribution is 0.327. The van der Waals surface area contributed by atoms with Crippen LogP contribution in [0.1, 0.15) is 0 Å². The van der Waals surface area contributed by atoms with Crippen molar-refractivity contribution in [1.82, 2.24) is 9.97 Å². The zero-order valence-electron chi connectivity index (χ0n) is 17.4. The van der Waals surface area contributed by atoms with Gasteiger partial charge in [-0.3, -0.25) is 0 Å². The lowest BCUT2D eigenvalue weighted by Crippen LogP contribution is -2.40. The van der Waals surface area contributed by atoms with Crippen molar-refractivity contribution in [1.29, 1.82) is 0 Å². The summed E-state index contributed by atoms with van der Waals surface area (Å²) in [5.74, 6) is 2.53. The van der Waals surface area contributed by atoms with E-state index >= 15 is 0 Å². The van der Waals surface area contributed by atoms with Crippen molar-refractivity contribution in [2.24, 2.45) is 0 Å². The standard InChI is InChI=1S/C21H22ClN3O5S/c1-28-16-12-15-17(19(30-3)18(16)29-2)23-20(13-4-6-14(22)7-5-13)24-21(15)25-8-10-31(26,27)11-9-25/h4-7,12H,8-11H2,1-3H3. The van der Waals surface area contributed by atoms with Gasteiger partial charge in [0.2, 0.25) is 5.75 Å². The van der Waals surface area contributed by atoms with Gasteiger partial charge in [0.1, 0.15) is 11.3 Å². The second-order valence-electron chi connectivity index (χ2n) is 7.06. The van der Waals surface area contributed by atoms with Crippen LogP contribution in [0.5, 0.6) is 17.2 Å². The molecule has 1 saturated heterocycles. The quantitative estimate of drug-likeness (QED) is 0.569. The van der Waals surface area contributed by atoms with Crippen molar-refractivity contribution in [2.75, 3.05) is 50.8 Å². The van der Waals surface area contributed by atoms with Gasteiger partial charge in [-0.1, -0.05) is 11.6 Å². The maximum Gasteiger partial charge on any atom is 0.205 e. The van der Waals surface area contributed by atoms with E-state index in [0.29, 0.717) is 57.9 Å². The Morgan fingerprint density at radius 2 is 1.58 bits per heavy atom. The highest BCUT2D eigenvalue weighted by Crippen LogP contribution is 2.45. The summed E-state index contributed by atoms with van der Waals surface area (Å²) >= 11 is 6.04. The predicted molar refractivity (Wildman–Crippen MR) is 121 cm³/mol. The SMILES string of the molecule is COc1cc2c(N3CCS(=O)(=O)CC3)nc(-c3ccc(Cl)cc3)nc2c(OC)c1OC. The summed E-state index contributed by atoms with van der Waals surface area (Å²) in [5, 5.41) is 1.29. The van der Waals surface area contributed by atoms with Crippen molar-refractivity contribution in [2.45, 2.75) is 0 Å². The van der Waals surface area contributed by atoms with Crippen LogP contribution in [0.4, 0.5) is 5.82 Å². The number of rotatable bonds is 5. The zero-order chi connectivity index (χ0) is 22.2. The van der Waals surface area contributed by atoms with Crippen LogP contribution in [0.25, 0.3) is 22.3 Å². The number of hydrogen-bond donors (Lipinski definition) is 0. The predicted octanol–water partition coefficient (Wildman–Crippen LogP) is 3.21. The van der Waals surface area contributed by atoms with Gasteiger partial charge in [-0.05, 0) is 30.3 Å². The molecule has 1 aliphatic rings. The average molecular weight is 464 g/mol. The number of sulfone groups is 1. The van der Waals surface area contributed by atoms with E-state index in [1.165, 1.54) is 14.2 Å². The fourth-order valence-corrected chi connectivity index (χ4v) is 4.93. The fraction of sp³-hybridized carbons (Fsp3) is 0.333. The number of fused-ring (bicyclic) bond motifs is 1. The Bertz CT molecular complexity index is 1220. The molecule has 31 heavy (non-hydrogen) atoms. The molecule has 2 heterocycles. The molecule has 0 N–H and O–H groups in total. The Morgan fingerprint density at radius 1 is 0.935 bits per heavy atom. The summed E-state index contributed by atoms with van der Waals surface area (Å²) < 4.78 is 40.6. The summed E-state index contributed by atoms with van der Waals surface area (Å²) in [7, 11) is 1.56. The Balaban J connectivity index is 1.99. The molecule has 0 aliphatic carbocycles. The van der Waals surface area contributed by atoms with Crippen LogP contribution in [-0.2, 0) is 9.84 Å². The number of aromatic nitrogens is 2. The number of hydrogen-bond acceptors (Lipinski definition) is 8. The van der Waals surface area contributed by atoms with E-state index in [2.05, 4.69) is 0 Å². The third-order valence-corrected chi connectivity index (χ3v) is 7.08. The molecule has 8 nitrogen and oxygen atoms in total. The summed E-state index contributed by atoms with van der Waals surface area (Å²) in [5.41, 5.74) is 1.32. The highest BCUT2D eigenvalue weighted by Gasteiger charge is 2.27. The van der Waals surface area contributed by atoms with Crippen molar-refractivity contribution < 1.29 is 22.6 Å². The first-order valence-corrected chi connectivity index (χ1v) is 11.8. The van der Waals surface area contributed by atoms with Gasteiger partial charge in [-0.15, -0.1) is 0 Å². The summed E-state index contributed by atoms with van der Waals surface area (Å²) in [6.45, 7) is 0.677. The van der Waals surface area contributed by atoms with Gasteiger partial charge in [0.05, 0.1) is 38.2 Å². The van der Waals surface area contributed by atoms with Gasteiger partial charge in [0.25, 0.3) is 0 Å². The number of methoxy groups -OCH3 is 3. The largest absolute Gasteiger partial charge is 0.493 e. The maximum absolute atomic E-state index is 12.0. The van der Waals surface area contributed by atoms with Crippen molar-refractivity contribution in [3.8, 4) is 28.6 Å². The van der Waals surface area contributed by atoms with Crippen LogP contribution < -0.4 is 19.1 Å². The van der Waals surface area contributed by atoms with E-state index in [1.807, 2.05) is 17.0 Å². The maximum atomic E-state index is 12.0. The van der Waals surface area contributed by atoms with Crippen LogP contribution in [-0.4, -0.2) is 64.3 Å². The smallest absolute Gasteiger partial charge is 0.205 e. The van der Waals surface area contributed by atoms with Gasteiger partial charge in [-0.25, -0.2) is 18.4 Å². The molecule has 1 aromatic heterocycles. The minimum absolute atomic E-state index is 0.0686. The summed E-state index contributed by atoms with van der Waals surface area (Å²) in [4.78, 5) is 11.5. The fourth-order valence-electron chi connectivity index (χ4n) is 3.61. The van der Waals surface area contributed by atoms with Gasteiger partial charge >= 0.3 is 0 Å². The summed E-state index contributed by atoms with van der Waals surface area (Å²) in [6, 6.07) is 9.00. The molecule has 164 valence electrons. The minimum atomic E-state index is -3.05. The Morgan fingerprint density at radius 3 is 2.16 bits per heavy atom. The molecule has 0 bridgehead atoms. The lowest BCUT2D eigenvalue weighted by Gasteiger charge is -2.29. The number of nitrogens with zero attached hydrogens (tertiary/aromatic N) is 3. The third kappa shape index (κ3) is 4.07. The molecule has 0 atom stereocenters. The highest BCUT2D eigenvalue weighted by molar-refractivity contribution is 7.91. The first kappa shape index (κ1) is 21.5. The van der Waals surface area contributed by atoms with Crippen molar-refractivity contribution >= 4 is 38.2 Å². The van der Waals surface area contributed by atoms with Crippen LogP contribution in [0, 0.1) is 0 Å². The lowest BCUT2D eigenvalue weighted by atomic mass is 10.1. The topological polar surface area (TPSA) is 90.9 Å². The number of halogens is 1. The molecular weight excluding hydrogens is 442 g/mol. The molecule has 0 radical (unpaired) electrons. The zero-order valence-corrected chi connectivity index (χ0v) is 19.0. The van der Waals surface area contributed by atoms with Crippen LogP contribution >= 0.6 is 11.6 Å². The second-order valence-corrected chi connectivity index (χ2v) is 9.80. The van der Waals surface area contributed by atoms with E-state index in [1.54, 1.807) is 25.3 Å². The van der Waals surface area contributed by atoms with Crippen LogP contribution in [0.3, 0.4) is 0 Å². The van der Waals surface area contributed by atoms with Gasteiger partial charge < -0.3 is 19.1 Å². The van der Waals surface area contributed by atoms with Gasteiger partial charge in [0, 0.05) is 23.7 Å². The Kier molecular flexibility index (Phi) is 5.81. The average Bonchev–Trinajstić information content (AvgIpc) is 2.77. The molecule has 1 aliphatic heterocycles. The summed E-state index contributed by atoms with van der Waals surface area (Å²) in [6.07, 6.45) is 0. The number of benzene rings is 2. The van der Waals surface area contributed by atoms with Gasteiger partial charge in [0.15, 0.2) is 27.2 Å². The first-order valence-electron chi connectivity index (χ1n) is 9.59. The van der Waals surface area contributed by atoms with E-state index in [9.17, 15) is 8.42 Å².